The third-order valence-corrected chi connectivity index (χ3v) is 3.32. The summed E-state index contributed by atoms with van der Waals surface area (Å²) in [4.78, 5) is 15.9. The first kappa shape index (κ1) is 7.92. The highest BCUT2D eigenvalue weighted by Gasteiger charge is 2.46. The lowest BCUT2D eigenvalue weighted by molar-refractivity contribution is 0.0912. The summed E-state index contributed by atoms with van der Waals surface area (Å²) in [7, 11) is 0. The topological polar surface area (TPSA) is 30.0 Å². The number of nitrogens with zero attached hydrogens (tertiary/aromatic N) is 1. The van der Waals surface area contributed by atoms with E-state index >= 15 is 0 Å². The van der Waals surface area contributed by atoms with Gasteiger partial charge < -0.3 is 0 Å². The van der Waals surface area contributed by atoms with Crippen LogP contribution >= 0.6 is 11.3 Å². The summed E-state index contributed by atoms with van der Waals surface area (Å²) in [5.74, 6) is 0.237. The highest BCUT2D eigenvalue weighted by atomic mass is 32.1. The van der Waals surface area contributed by atoms with Crippen LogP contribution in [-0.2, 0) is 0 Å². The molecule has 0 bridgehead atoms. The molecule has 1 fully saturated rings. The minimum Gasteiger partial charge on any atom is -0.291 e. The van der Waals surface area contributed by atoms with E-state index in [0.717, 1.165) is 18.5 Å². The van der Waals surface area contributed by atoms with Gasteiger partial charge in [-0.1, -0.05) is 6.92 Å². The van der Waals surface area contributed by atoms with E-state index in [-0.39, 0.29) is 11.2 Å². The van der Waals surface area contributed by atoms with E-state index in [1.807, 2.05) is 19.2 Å². The van der Waals surface area contributed by atoms with Crippen LogP contribution in [0, 0.1) is 12.3 Å². The summed E-state index contributed by atoms with van der Waals surface area (Å²) in [6, 6.07) is 0. The van der Waals surface area contributed by atoms with E-state index in [1.54, 1.807) is 0 Å². The maximum absolute atomic E-state index is 11.7. The quantitative estimate of drug-likeness (QED) is 0.656. The second kappa shape index (κ2) is 2.39. The number of carbonyl (C=O) groups is 1. The highest BCUT2D eigenvalue weighted by molar-refractivity contribution is 7.11. The molecule has 0 N–H and O–H groups in total. The molecule has 3 heteroatoms. The maximum atomic E-state index is 11.7. The molecule has 0 saturated heterocycles. The molecule has 2 nitrogen and oxygen atoms in total. The Kier molecular flexibility index (Phi) is 1.58. The van der Waals surface area contributed by atoms with E-state index < -0.39 is 0 Å². The van der Waals surface area contributed by atoms with Crippen molar-refractivity contribution in [1.82, 2.24) is 4.98 Å². The number of aryl methyl sites for hydroxylation is 1. The Bertz CT molecular complexity index is 325. The summed E-state index contributed by atoms with van der Waals surface area (Å²) < 4.78 is 0. The minimum atomic E-state index is -0.0652. The molecule has 0 aromatic carbocycles. The van der Waals surface area contributed by atoms with Crippen LogP contribution in [0.15, 0.2) is 5.38 Å². The van der Waals surface area contributed by atoms with E-state index in [1.165, 1.54) is 11.3 Å². The maximum Gasteiger partial charge on any atom is 0.197 e. The number of ketones is 1. The SMILES string of the molecule is Cc1csc(C(=O)C2(C)CC2)n1. The first-order chi connectivity index (χ1) is 5.62. The van der Waals surface area contributed by atoms with Gasteiger partial charge in [-0.15, -0.1) is 11.3 Å². The van der Waals surface area contributed by atoms with Crippen LogP contribution in [0.2, 0.25) is 0 Å². The highest BCUT2D eigenvalue weighted by Crippen LogP contribution is 2.47. The number of Topliss-reactive ketones (excluding diaryl/α,β-unsaturated/α-hetero) is 1. The number of hydrogen-bond donors (Lipinski definition) is 0. The molecule has 1 aliphatic carbocycles. The zero-order valence-corrected chi connectivity index (χ0v) is 8.07. The number of rotatable bonds is 2. The van der Waals surface area contributed by atoms with Crippen molar-refractivity contribution in [2.24, 2.45) is 5.41 Å². The van der Waals surface area contributed by atoms with E-state index in [0.29, 0.717) is 5.01 Å². The molecule has 1 aromatic rings. The smallest absolute Gasteiger partial charge is 0.197 e. The van der Waals surface area contributed by atoms with Gasteiger partial charge in [0.25, 0.3) is 0 Å². The lowest BCUT2D eigenvalue weighted by Crippen LogP contribution is -2.11. The van der Waals surface area contributed by atoms with Crippen molar-refractivity contribution in [2.45, 2.75) is 26.7 Å². The second-order valence-electron chi connectivity index (χ2n) is 3.68. The van der Waals surface area contributed by atoms with Gasteiger partial charge in [0, 0.05) is 16.5 Å². The van der Waals surface area contributed by atoms with E-state index in [9.17, 15) is 4.79 Å². The van der Waals surface area contributed by atoms with Gasteiger partial charge in [0.05, 0.1) is 0 Å². The molecule has 0 amide bonds. The molecule has 1 aliphatic rings. The number of aromatic nitrogens is 1. The first-order valence-electron chi connectivity index (χ1n) is 4.09. The fourth-order valence-corrected chi connectivity index (χ4v) is 2.02. The summed E-state index contributed by atoms with van der Waals surface area (Å²) in [6.07, 6.45) is 2.06. The zero-order chi connectivity index (χ0) is 8.77. The van der Waals surface area contributed by atoms with Gasteiger partial charge in [-0.05, 0) is 19.8 Å². The molecule has 0 atom stereocenters. The van der Waals surface area contributed by atoms with Crippen LogP contribution in [0.4, 0.5) is 0 Å². The molecule has 0 unspecified atom stereocenters. The van der Waals surface area contributed by atoms with E-state index in [2.05, 4.69) is 4.98 Å². The molecule has 1 heterocycles. The monoisotopic (exact) mass is 181 g/mol. The Labute approximate surface area is 75.6 Å². The predicted molar refractivity (Wildman–Crippen MR) is 48.5 cm³/mol. The molecule has 1 aromatic heterocycles. The van der Waals surface area contributed by atoms with Crippen LogP contribution in [0.25, 0.3) is 0 Å². The summed E-state index contributed by atoms with van der Waals surface area (Å²) in [5, 5.41) is 2.62. The Hall–Kier alpha value is -0.700. The average Bonchev–Trinajstić information content (AvgIpc) is 2.62. The molecule has 2 rings (SSSR count). The molecule has 12 heavy (non-hydrogen) atoms. The molecule has 0 aliphatic heterocycles. The minimum absolute atomic E-state index is 0.0652. The molecule has 0 spiro atoms. The van der Waals surface area contributed by atoms with Crippen molar-refractivity contribution in [1.29, 1.82) is 0 Å². The normalized spacial score (nSPS) is 19.2. The third kappa shape index (κ3) is 1.18. The molecular weight excluding hydrogens is 170 g/mol. The van der Waals surface area contributed by atoms with Gasteiger partial charge in [0.15, 0.2) is 10.8 Å². The van der Waals surface area contributed by atoms with Gasteiger partial charge in [-0.3, -0.25) is 4.79 Å². The van der Waals surface area contributed by atoms with Crippen molar-refractivity contribution < 1.29 is 4.79 Å². The van der Waals surface area contributed by atoms with Crippen molar-refractivity contribution >= 4 is 17.1 Å². The standard InChI is InChI=1S/C9H11NOS/c1-6-5-12-8(10-6)7(11)9(2)3-4-9/h5H,3-4H2,1-2H3. The second-order valence-corrected chi connectivity index (χ2v) is 4.54. The van der Waals surface area contributed by atoms with Crippen LogP contribution in [0.3, 0.4) is 0 Å². The lowest BCUT2D eigenvalue weighted by Gasteiger charge is -2.01. The number of hydrogen-bond acceptors (Lipinski definition) is 3. The third-order valence-electron chi connectivity index (χ3n) is 2.36. The van der Waals surface area contributed by atoms with Gasteiger partial charge in [-0.2, -0.15) is 0 Å². The Balaban J connectivity index is 2.25. The number of thiazole rings is 1. The zero-order valence-electron chi connectivity index (χ0n) is 7.26. The van der Waals surface area contributed by atoms with Crippen molar-refractivity contribution in [3.8, 4) is 0 Å². The van der Waals surface area contributed by atoms with Gasteiger partial charge in [0.2, 0.25) is 0 Å². The first-order valence-corrected chi connectivity index (χ1v) is 4.97. The van der Waals surface area contributed by atoms with Gasteiger partial charge in [0.1, 0.15) is 0 Å². The average molecular weight is 181 g/mol. The number of carbonyl (C=O) groups excluding carboxylic acids is 1. The fourth-order valence-electron chi connectivity index (χ4n) is 1.13. The summed E-state index contributed by atoms with van der Waals surface area (Å²) in [5.41, 5.74) is 0.886. The summed E-state index contributed by atoms with van der Waals surface area (Å²) in [6.45, 7) is 3.94. The Morgan fingerprint density at radius 3 is 2.75 bits per heavy atom. The molecule has 0 radical (unpaired) electrons. The van der Waals surface area contributed by atoms with E-state index in [4.69, 9.17) is 0 Å². The van der Waals surface area contributed by atoms with Gasteiger partial charge in [-0.25, -0.2) is 4.98 Å². The van der Waals surface area contributed by atoms with Crippen LogP contribution in [0.5, 0.6) is 0 Å². The molecular formula is C9H11NOS. The van der Waals surface area contributed by atoms with Gasteiger partial charge >= 0.3 is 0 Å². The predicted octanol–water partition coefficient (Wildman–Crippen LogP) is 2.43. The van der Waals surface area contributed by atoms with Crippen molar-refractivity contribution in [3.05, 3.63) is 16.1 Å². The van der Waals surface area contributed by atoms with Crippen LogP contribution in [0.1, 0.15) is 35.3 Å². The van der Waals surface area contributed by atoms with Crippen molar-refractivity contribution in [3.63, 3.8) is 0 Å². The fraction of sp³-hybridized carbons (Fsp3) is 0.556. The Morgan fingerprint density at radius 2 is 2.33 bits per heavy atom. The van der Waals surface area contributed by atoms with Crippen molar-refractivity contribution in [2.75, 3.05) is 0 Å². The largest absolute Gasteiger partial charge is 0.291 e. The summed E-state index contributed by atoms with van der Waals surface area (Å²) >= 11 is 1.46. The van der Waals surface area contributed by atoms with Crippen LogP contribution < -0.4 is 0 Å². The molecule has 64 valence electrons. The van der Waals surface area contributed by atoms with Crippen LogP contribution in [-0.4, -0.2) is 10.8 Å². The Morgan fingerprint density at radius 1 is 1.67 bits per heavy atom. The lowest BCUT2D eigenvalue weighted by atomic mass is 10.1. The molecule has 1 saturated carbocycles.